The number of amides is 1. The minimum absolute atomic E-state index is 0.176. The van der Waals surface area contributed by atoms with E-state index >= 15 is 0 Å². The first-order valence-corrected chi connectivity index (χ1v) is 6.97. The molecule has 1 heterocycles. The van der Waals surface area contributed by atoms with Crippen molar-refractivity contribution in [3.05, 3.63) is 71.0 Å². The molecule has 0 aliphatic carbocycles. The topological polar surface area (TPSA) is 42.2 Å². The predicted molar refractivity (Wildman–Crippen MR) is 83.3 cm³/mol. The molecular formula is C18H17NO2. The highest BCUT2D eigenvalue weighted by molar-refractivity contribution is 5.98. The fourth-order valence-corrected chi connectivity index (χ4v) is 2.41. The number of furan rings is 1. The molecule has 3 rings (SSSR count). The third-order valence-electron chi connectivity index (χ3n) is 3.60. The van der Waals surface area contributed by atoms with E-state index in [1.807, 2.05) is 62.4 Å². The zero-order valence-corrected chi connectivity index (χ0v) is 12.1. The Kier molecular flexibility index (Phi) is 3.48. The molecule has 0 saturated carbocycles. The van der Waals surface area contributed by atoms with Crippen molar-refractivity contribution in [2.75, 3.05) is 0 Å². The van der Waals surface area contributed by atoms with Gasteiger partial charge in [-0.1, -0.05) is 42.5 Å². The lowest BCUT2D eigenvalue weighted by Gasteiger charge is -2.03. The van der Waals surface area contributed by atoms with E-state index in [-0.39, 0.29) is 5.91 Å². The van der Waals surface area contributed by atoms with E-state index in [0.29, 0.717) is 12.3 Å². The summed E-state index contributed by atoms with van der Waals surface area (Å²) in [5.41, 5.74) is 3.83. The molecule has 1 amide bonds. The Balaban J connectivity index is 1.83. The van der Waals surface area contributed by atoms with Gasteiger partial charge in [-0.2, -0.15) is 0 Å². The normalized spacial score (nSPS) is 10.8. The van der Waals surface area contributed by atoms with Gasteiger partial charge in [-0.3, -0.25) is 4.79 Å². The lowest BCUT2D eigenvalue weighted by molar-refractivity contribution is 0.0924. The van der Waals surface area contributed by atoms with Crippen molar-refractivity contribution in [2.24, 2.45) is 0 Å². The molecule has 3 heteroatoms. The summed E-state index contributed by atoms with van der Waals surface area (Å²) in [6, 6.07) is 15.8. The molecule has 0 atom stereocenters. The summed E-state index contributed by atoms with van der Waals surface area (Å²) in [6.07, 6.45) is 0. The van der Waals surface area contributed by atoms with Gasteiger partial charge in [-0.25, -0.2) is 0 Å². The molecule has 0 saturated heterocycles. The first kappa shape index (κ1) is 13.4. The molecule has 0 radical (unpaired) electrons. The van der Waals surface area contributed by atoms with Crippen molar-refractivity contribution >= 4 is 16.9 Å². The highest BCUT2D eigenvalue weighted by atomic mass is 16.3. The first-order chi connectivity index (χ1) is 10.1. The van der Waals surface area contributed by atoms with Crippen LogP contribution < -0.4 is 5.32 Å². The van der Waals surface area contributed by atoms with Crippen LogP contribution in [0.4, 0.5) is 0 Å². The van der Waals surface area contributed by atoms with Crippen LogP contribution >= 0.6 is 0 Å². The van der Waals surface area contributed by atoms with E-state index in [2.05, 4.69) is 5.32 Å². The van der Waals surface area contributed by atoms with Gasteiger partial charge >= 0.3 is 0 Å². The summed E-state index contributed by atoms with van der Waals surface area (Å²) >= 11 is 0. The standard InChI is InChI=1S/C18H17NO2/c1-12-8-9-15-13(2)17(21-16(15)10-12)18(20)19-11-14-6-4-3-5-7-14/h3-10H,11H2,1-2H3,(H,19,20). The Morgan fingerprint density at radius 3 is 2.62 bits per heavy atom. The number of rotatable bonds is 3. The number of hydrogen-bond donors (Lipinski definition) is 1. The molecule has 3 nitrogen and oxygen atoms in total. The van der Waals surface area contributed by atoms with Crippen LogP contribution in [0.5, 0.6) is 0 Å². The van der Waals surface area contributed by atoms with Crippen molar-refractivity contribution in [2.45, 2.75) is 20.4 Å². The minimum Gasteiger partial charge on any atom is -0.451 e. The monoisotopic (exact) mass is 279 g/mol. The number of benzene rings is 2. The summed E-state index contributed by atoms with van der Waals surface area (Å²) < 4.78 is 5.72. The highest BCUT2D eigenvalue weighted by Crippen LogP contribution is 2.26. The van der Waals surface area contributed by atoms with Gasteiger partial charge in [-0.05, 0) is 31.0 Å². The summed E-state index contributed by atoms with van der Waals surface area (Å²) in [7, 11) is 0. The van der Waals surface area contributed by atoms with Gasteiger partial charge in [0.25, 0.3) is 5.91 Å². The maximum Gasteiger partial charge on any atom is 0.287 e. The molecular weight excluding hydrogens is 262 g/mol. The third kappa shape index (κ3) is 2.68. The van der Waals surface area contributed by atoms with Crippen molar-refractivity contribution in [3.8, 4) is 0 Å². The average molecular weight is 279 g/mol. The Labute approximate surface area is 123 Å². The van der Waals surface area contributed by atoms with Crippen molar-refractivity contribution in [1.29, 1.82) is 0 Å². The van der Waals surface area contributed by atoms with Gasteiger partial charge in [0.2, 0.25) is 0 Å². The average Bonchev–Trinajstić information content (AvgIpc) is 2.82. The first-order valence-electron chi connectivity index (χ1n) is 6.97. The molecule has 21 heavy (non-hydrogen) atoms. The molecule has 1 N–H and O–H groups in total. The number of aryl methyl sites for hydroxylation is 2. The maximum absolute atomic E-state index is 12.3. The predicted octanol–water partition coefficient (Wildman–Crippen LogP) is 3.98. The van der Waals surface area contributed by atoms with Gasteiger partial charge in [-0.15, -0.1) is 0 Å². The fourth-order valence-electron chi connectivity index (χ4n) is 2.41. The smallest absolute Gasteiger partial charge is 0.287 e. The van der Waals surface area contributed by atoms with Crippen LogP contribution in [0, 0.1) is 13.8 Å². The third-order valence-corrected chi connectivity index (χ3v) is 3.60. The molecule has 0 bridgehead atoms. The van der Waals surface area contributed by atoms with Gasteiger partial charge < -0.3 is 9.73 Å². The van der Waals surface area contributed by atoms with E-state index in [0.717, 1.165) is 27.7 Å². The SMILES string of the molecule is Cc1ccc2c(C)c(C(=O)NCc3ccccc3)oc2c1. The fraction of sp³-hybridized carbons (Fsp3) is 0.167. The molecule has 0 fully saturated rings. The summed E-state index contributed by atoms with van der Waals surface area (Å²) in [6.45, 7) is 4.42. The van der Waals surface area contributed by atoms with Gasteiger partial charge in [0.05, 0.1) is 0 Å². The Hall–Kier alpha value is -2.55. The van der Waals surface area contributed by atoms with Crippen molar-refractivity contribution in [3.63, 3.8) is 0 Å². The summed E-state index contributed by atoms with van der Waals surface area (Å²) in [5.74, 6) is 0.219. The Bertz CT molecular complexity index is 788. The van der Waals surface area contributed by atoms with Crippen LogP contribution in [-0.2, 0) is 6.54 Å². The van der Waals surface area contributed by atoms with Crippen LogP contribution in [0.2, 0.25) is 0 Å². The Morgan fingerprint density at radius 1 is 1.10 bits per heavy atom. The number of hydrogen-bond acceptors (Lipinski definition) is 2. The number of carbonyl (C=O) groups is 1. The minimum atomic E-state index is -0.176. The van der Waals surface area contributed by atoms with Crippen LogP contribution in [0.15, 0.2) is 52.9 Å². The van der Waals surface area contributed by atoms with E-state index < -0.39 is 0 Å². The number of nitrogens with one attached hydrogen (secondary N) is 1. The summed E-state index contributed by atoms with van der Waals surface area (Å²) in [4.78, 5) is 12.3. The second kappa shape index (κ2) is 5.44. The second-order valence-electron chi connectivity index (χ2n) is 5.22. The van der Waals surface area contributed by atoms with Gasteiger partial charge in [0.1, 0.15) is 5.58 Å². The van der Waals surface area contributed by atoms with Crippen molar-refractivity contribution < 1.29 is 9.21 Å². The van der Waals surface area contributed by atoms with Crippen LogP contribution in [-0.4, -0.2) is 5.91 Å². The van der Waals surface area contributed by atoms with Crippen LogP contribution in [0.25, 0.3) is 11.0 Å². The lowest BCUT2D eigenvalue weighted by atomic mass is 10.1. The summed E-state index contributed by atoms with van der Waals surface area (Å²) in [5, 5.41) is 3.89. The molecule has 0 aliphatic rings. The zero-order valence-electron chi connectivity index (χ0n) is 12.1. The zero-order chi connectivity index (χ0) is 14.8. The molecule has 1 aromatic heterocycles. The number of carbonyl (C=O) groups excluding carboxylic acids is 1. The largest absolute Gasteiger partial charge is 0.451 e. The quantitative estimate of drug-likeness (QED) is 0.788. The van der Waals surface area contributed by atoms with E-state index in [1.54, 1.807) is 0 Å². The molecule has 0 aliphatic heterocycles. The van der Waals surface area contributed by atoms with Gasteiger partial charge in [0.15, 0.2) is 5.76 Å². The van der Waals surface area contributed by atoms with Crippen LogP contribution in [0.3, 0.4) is 0 Å². The maximum atomic E-state index is 12.3. The Morgan fingerprint density at radius 2 is 1.86 bits per heavy atom. The van der Waals surface area contributed by atoms with Crippen LogP contribution in [0.1, 0.15) is 27.2 Å². The molecule has 106 valence electrons. The highest BCUT2D eigenvalue weighted by Gasteiger charge is 2.17. The molecule has 0 unspecified atom stereocenters. The lowest BCUT2D eigenvalue weighted by Crippen LogP contribution is -2.22. The van der Waals surface area contributed by atoms with E-state index in [4.69, 9.17) is 4.42 Å². The van der Waals surface area contributed by atoms with Gasteiger partial charge in [0, 0.05) is 17.5 Å². The molecule has 0 spiro atoms. The van der Waals surface area contributed by atoms with Crippen molar-refractivity contribution in [1.82, 2.24) is 5.32 Å². The second-order valence-corrected chi connectivity index (χ2v) is 5.22. The van der Waals surface area contributed by atoms with E-state index in [9.17, 15) is 4.79 Å². The van der Waals surface area contributed by atoms with E-state index in [1.165, 1.54) is 0 Å². The number of fused-ring (bicyclic) bond motifs is 1. The molecule has 3 aromatic rings. The molecule has 2 aromatic carbocycles.